The smallest absolute Gasteiger partial charge is 0.346 e. The first-order valence-corrected chi connectivity index (χ1v) is 8.27. The van der Waals surface area contributed by atoms with Gasteiger partial charge in [-0.05, 0) is 44.0 Å². The number of hydrogen-bond acceptors (Lipinski definition) is 5. The minimum absolute atomic E-state index is 0.172. The molecule has 0 bridgehead atoms. The molecule has 8 heteroatoms. The molecule has 0 aliphatic heterocycles. The first-order chi connectivity index (χ1) is 12.1. The number of hydrogen-bond donors (Lipinski definition) is 0. The number of benzene rings is 1. The first kappa shape index (κ1) is 15.6. The third kappa shape index (κ3) is 2.73. The van der Waals surface area contributed by atoms with Crippen LogP contribution in [0.1, 0.15) is 30.5 Å². The van der Waals surface area contributed by atoms with Crippen molar-refractivity contribution in [3.8, 4) is 17.1 Å². The van der Waals surface area contributed by atoms with Crippen LogP contribution in [0.4, 0.5) is 0 Å². The molecule has 2 heterocycles. The Bertz CT molecular complexity index is 962. The lowest BCUT2D eigenvalue weighted by Gasteiger charge is -2.05. The van der Waals surface area contributed by atoms with Gasteiger partial charge in [-0.1, -0.05) is 0 Å². The van der Waals surface area contributed by atoms with Gasteiger partial charge in [-0.25, -0.2) is 9.48 Å². The summed E-state index contributed by atoms with van der Waals surface area (Å²) in [6.45, 7) is 2.26. The number of methoxy groups -OCH3 is 1. The van der Waals surface area contributed by atoms with Crippen LogP contribution >= 0.6 is 0 Å². The van der Waals surface area contributed by atoms with Crippen LogP contribution in [0.15, 0.2) is 29.1 Å². The van der Waals surface area contributed by atoms with Crippen molar-refractivity contribution in [2.75, 3.05) is 7.11 Å². The van der Waals surface area contributed by atoms with Gasteiger partial charge in [0.05, 0.1) is 7.11 Å². The highest BCUT2D eigenvalue weighted by Crippen LogP contribution is 2.36. The van der Waals surface area contributed by atoms with E-state index in [4.69, 9.17) is 4.74 Å². The standard InChI is InChI=1S/C17H20N6O2/c1-11-18-19-15(23(11)13-6-7-13)10-22-17(24)21(2)16(20-22)12-4-8-14(25-3)9-5-12/h4-5,8-9,13H,6-7,10H2,1-3H3. The van der Waals surface area contributed by atoms with Gasteiger partial charge >= 0.3 is 5.69 Å². The molecule has 0 atom stereocenters. The number of rotatable bonds is 5. The summed E-state index contributed by atoms with van der Waals surface area (Å²) in [7, 11) is 3.35. The Balaban J connectivity index is 1.68. The van der Waals surface area contributed by atoms with Crippen LogP contribution in [-0.2, 0) is 13.6 Å². The quantitative estimate of drug-likeness (QED) is 0.704. The van der Waals surface area contributed by atoms with E-state index in [1.165, 1.54) is 4.68 Å². The van der Waals surface area contributed by atoms with Crippen LogP contribution in [0.5, 0.6) is 5.75 Å². The molecule has 1 fully saturated rings. The number of nitrogens with zero attached hydrogens (tertiary/aromatic N) is 6. The second-order valence-electron chi connectivity index (χ2n) is 6.32. The van der Waals surface area contributed by atoms with Crippen molar-refractivity contribution in [2.24, 2.45) is 7.05 Å². The molecule has 0 radical (unpaired) electrons. The highest BCUT2D eigenvalue weighted by molar-refractivity contribution is 5.56. The Morgan fingerprint density at radius 3 is 2.56 bits per heavy atom. The Labute approximate surface area is 144 Å². The van der Waals surface area contributed by atoms with Crippen LogP contribution < -0.4 is 10.4 Å². The summed E-state index contributed by atoms with van der Waals surface area (Å²) in [5, 5.41) is 12.9. The topological polar surface area (TPSA) is 79.8 Å². The molecule has 25 heavy (non-hydrogen) atoms. The van der Waals surface area contributed by atoms with E-state index >= 15 is 0 Å². The van der Waals surface area contributed by atoms with Crippen LogP contribution in [0.2, 0.25) is 0 Å². The average molecular weight is 340 g/mol. The first-order valence-electron chi connectivity index (χ1n) is 8.27. The molecule has 0 spiro atoms. The van der Waals surface area contributed by atoms with Gasteiger partial charge < -0.3 is 9.30 Å². The highest BCUT2D eigenvalue weighted by atomic mass is 16.5. The lowest BCUT2D eigenvalue weighted by Crippen LogP contribution is -2.25. The lowest BCUT2D eigenvalue weighted by molar-refractivity contribution is 0.415. The van der Waals surface area contributed by atoms with Crippen LogP contribution in [0, 0.1) is 6.92 Å². The molecular weight excluding hydrogens is 320 g/mol. The van der Waals surface area contributed by atoms with Crippen molar-refractivity contribution >= 4 is 0 Å². The van der Waals surface area contributed by atoms with E-state index < -0.39 is 0 Å². The van der Waals surface area contributed by atoms with E-state index in [9.17, 15) is 4.79 Å². The van der Waals surface area contributed by atoms with Gasteiger partial charge in [0.15, 0.2) is 11.6 Å². The summed E-state index contributed by atoms with van der Waals surface area (Å²) in [6.07, 6.45) is 2.28. The van der Waals surface area contributed by atoms with Gasteiger partial charge in [0, 0.05) is 18.7 Å². The predicted octanol–water partition coefficient (Wildman–Crippen LogP) is 1.54. The van der Waals surface area contributed by atoms with E-state index in [0.29, 0.717) is 18.4 Å². The molecule has 1 aromatic carbocycles. The zero-order chi connectivity index (χ0) is 17.6. The molecule has 0 unspecified atom stereocenters. The van der Waals surface area contributed by atoms with Crippen LogP contribution in [0.25, 0.3) is 11.4 Å². The van der Waals surface area contributed by atoms with E-state index in [-0.39, 0.29) is 5.69 Å². The maximum atomic E-state index is 12.6. The maximum absolute atomic E-state index is 12.6. The fraction of sp³-hybridized carbons (Fsp3) is 0.412. The van der Waals surface area contributed by atoms with Crippen molar-refractivity contribution in [2.45, 2.75) is 32.4 Å². The Hall–Kier alpha value is -2.90. The van der Waals surface area contributed by atoms with Gasteiger partial charge in [0.1, 0.15) is 18.1 Å². The summed E-state index contributed by atoms with van der Waals surface area (Å²) < 4.78 is 10.3. The monoisotopic (exact) mass is 340 g/mol. The van der Waals surface area contributed by atoms with Gasteiger partial charge in [-0.3, -0.25) is 4.57 Å². The molecule has 1 saturated carbocycles. The lowest BCUT2D eigenvalue weighted by atomic mass is 10.2. The minimum atomic E-state index is -0.172. The molecule has 4 rings (SSSR count). The van der Waals surface area contributed by atoms with E-state index in [0.717, 1.165) is 35.8 Å². The summed E-state index contributed by atoms with van der Waals surface area (Å²) in [5.74, 6) is 3.04. The number of aryl methyl sites for hydroxylation is 1. The Morgan fingerprint density at radius 2 is 1.92 bits per heavy atom. The summed E-state index contributed by atoms with van der Waals surface area (Å²) in [6, 6.07) is 7.95. The molecule has 3 aromatic rings. The Kier molecular flexibility index (Phi) is 3.67. The maximum Gasteiger partial charge on any atom is 0.346 e. The van der Waals surface area contributed by atoms with E-state index in [1.807, 2.05) is 31.2 Å². The molecule has 8 nitrogen and oxygen atoms in total. The molecule has 2 aromatic heterocycles. The van der Waals surface area contributed by atoms with Crippen LogP contribution in [-0.4, -0.2) is 36.2 Å². The average Bonchev–Trinajstić information content (AvgIpc) is 3.34. The van der Waals surface area contributed by atoms with Crippen molar-refractivity contribution < 1.29 is 4.74 Å². The van der Waals surface area contributed by atoms with Gasteiger partial charge in [0.25, 0.3) is 0 Å². The summed E-state index contributed by atoms with van der Waals surface area (Å²) in [4.78, 5) is 12.6. The second-order valence-corrected chi connectivity index (χ2v) is 6.32. The third-order valence-electron chi connectivity index (χ3n) is 4.53. The zero-order valence-electron chi connectivity index (χ0n) is 14.5. The van der Waals surface area contributed by atoms with Crippen molar-refractivity contribution in [3.05, 3.63) is 46.4 Å². The molecular formula is C17H20N6O2. The third-order valence-corrected chi connectivity index (χ3v) is 4.53. The fourth-order valence-corrected chi connectivity index (χ4v) is 3.05. The Morgan fingerprint density at radius 1 is 1.20 bits per heavy atom. The predicted molar refractivity (Wildman–Crippen MR) is 91.6 cm³/mol. The van der Waals surface area contributed by atoms with Gasteiger partial charge in [-0.15, -0.1) is 15.3 Å². The molecule has 1 aliphatic carbocycles. The van der Waals surface area contributed by atoms with Crippen molar-refractivity contribution in [3.63, 3.8) is 0 Å². The zero-order valence-corrected chi connectivity index (χ0v) is 14.5. The van der Waals surface area contributed by atoms with E-state index in [2.05, 4.69) is 19.9 Å². The molecule has 0 saturated heterocycles. The minimum Gasteiger partial charge on any atom is -0.497 e. The van der Waals surface area contributed by atoms with Crippen LogP contribution in [0.3, 0.4) is 0 Å². The molecule has 0 N–H and O–H groups in total. The van der Waals surface area contributed by atoms with Crippen molar-refractivity contribution in [1.82, 2.24) is 29.1 Å². The summed E-state index contributed by atoms with van der Waals surface area (Å²) >= 11 is 0. The van der Waals surface area contributed by atoms with E-state index in [1.54, 1.807) is 18.7 Å². The summed E-state index contributed by atoms with van der Waals surface area (Å²) in [5.41, 5.74) is 0.688. The molecule has 1 aliphatic rings. The number of ether oxygens (including phenoxy) is 1. The molecule has 130 valence electrons. The SMILES string of the molecule is COc1ccc(-c2nn(Cc3nnc(C)n3C3CC3)c(=O)n2C)cc1. The second kappa shape index (κ2) is 5.87. The molecule has 0 amide bonds. The van der Waals surface area contributed by atoms with Crippen molar-refractivity contribution in [1.29, 1.82) is 0 Å². The van der Waals surface area contributed by atoms with Gasteiger partial charge in [0.2, 0.25) is 0 Å². The largest absolute Gasteiger partial charge is 0.497 e. The number of aromatic nitrogens is 6. The fourth-order valence-electron chi connectivity index (χ4n) is 3.05. The normalized spacial score (nSPS) is 14.0. The highest BCUT2D eigenvalue weighted by Gasteiger charge is 2.28. The van der Waals surface area contributed by atoms with Gasteiger partial charge in [-0.2, -0.15) is 0 Å².